The fourth-order valence-electron chi connectivity index (χ4n) is 1.90. The molecule has 0 heterocycles. The smallest absolute Gasteiger partial charge is 0.192 e. The van der Waals surface area contributed by atoms with E-state index in [9.17, 15) is 0 Å². The van der Waals surface area contributed by atoms with Crippen molar-refractivity contribution in [3.8, 4) is 0 Å². The number of benzene rings is 2. The summed E-state index contributed by atoms with van der Waals surface area (Å²) in [5.41, 5.74) is 2.15. The van der Waals surface area contributed by atoms with Crippen LogP contribution >= 0.6 is 0 Å². The van der Waals surface area contributed by atoms with Gasteiger partial charge in [-0.1, -0.05) is 60.7 Å². The lowest BCUT2D eigenvalue weighted by molar-refractivity contribution is 0.383. The molecule has 0 aromatic heterocycles. The Morgan fingerprint density at radius 1 is 0.882 bits per heavy atom. The third-order valence-corrected chi connectivity index (χ3v) is 2.75. The summed E-state index contributed by atoms with van der Waals surface area (Å²) < 4.78 is 5.10. The summed E-state index contributed by atoms with van der Waals surface area (Å²) in [5, 5.41) is 7.95. The van der Waals surface area contributed by atoms with Crippen LogP contribution in [0.3, 0.4) is 0 Å². The maximum absolute atomic E-state index is 7.95. The second-order valence-corrected chi connectivity index (χ2v) is 3.82. The van der Waals surface area contributed by atoms with Crippen LogP contribution in [0, 0.1) is 5.41 Å². The Kier molecular flexibility index (Phi) is 3.55. The summed E-state index contributed by atoms with van der Waals surface area (Å²) in [4.78, 5) is 0. The van der Waals surface area contributed by atoms with E-state index < -0.39 is 0 Å². The standard InChI is InChI=1S/C15H15NO/c1-17-15(16)14(12-8-4-2-5-9-12)13-10-6-3-7-11-13/h2-11,14,16H,1H3. The average Bonchev–Trinajstić information content (AvgIpc) is 2.41. The second-order valence-electron chi connectivity index (χ2n) is 3.82. The molecule has 0 aliphatic carbocycles. The molecule has 0 aliphatic heterocycles. The lowest BCUT2D eigenvalue weighted by Gasteiger charge is -2.17. The van der Waals surface area contributed by atoms with Crippen LogP contribution in [0.15, 0.2) is 60.7 Å². The summed E-state index contributed by atoms with van der Waals surface area (Å²) in [6.45, 7) is 0. The van der Waals surface area contributed by atoms with Gasteiger partial charge >= 0.3 is 0 Å². The van der Waals surface area contributed by atoms with Crippen LogP contribution in [0.2, 0.25) is 0 Å². The van der Waals surface area contributed by atoms with Crippen LogP contribution in [0.4, 0.5) is 0 Å². The highest BCUT2D eigenvalue weighted by atomic mass is 16.5. The van der Waals surface area contributed by atoms with E-state index in [-0.39, 0.29) is 11.8 Å². The van der Waals surface area contributed by atoms with Gasteiger partial charge in [0.15, 0.2) is 5.90 Å². The number of nitrogens with one attached hydrogen (secondary N) is 1. The molecule has 2 aromatic carbocycles. The van der Waals surface area contributed by atoms with E-state index >= 15 is 0 Å². The highest BCUT2D eigenvalue weighted by Gasteiger charge is 2.19. The molecule has 0 atom stereocenters. The van der Waals surface area contributed by atoms with Gasteiger partial charge in [0.1, 0.15) is 0 Å². The van der Waals surface area contributed by atoms with E-state index in [4.69, 9.17) is 10.1 Å². The van der Waals surface area contributed by atoms with Crippen LogP contribution in [-0.4, -0.2) is 13.0 Å². The Labute approximate surface area is 101 Å². The van der Waals surface area contributed by atoms with Crippen molar-refractivity contribution < 1.29 is 4.74 Å². The van der Waals surface area contributed by atoms with Crippen molar-refractivity contribution in [1.82, 2.24) is 0 Å². The van der Waals surface area contributed by atoms with Crippen LogP contribution < -0.4 is 0 Å². The maximum atomic E-state index is 7.95. The minimum absolute atomic E-state index is 0.123. The normalized spacial score (nSPS) is 10.2. The number of hydrogen-bond donors (Lipinski definition) is 1. The molecule has 0 fully saturated rings. The molecule has 86 valence electrons. The molecule has 2 heteroatoms. The molecule has 2 rings (SSSR count). The molecule has 0 radical (unpaired) electrons. The fraction of sp³-hybridized carbons (Fsp3) is 0.133. The Morgan fingerprint density at radius 3 is 1.65 bits per heavy atom. The molecule has 1 N–H and O–H groups in total. The van der Waals surface area contributed by atoms with Gasteiger partial charge in [0.05, 0.1) is 13.0 Å². The van der Waals surface area contributed by atoms with E-state index in [2.05, 4.69) is 0 Å². The number of rotatable bonds is 3. The third-order valence-electron chi connectivity index (χ3n) is 2.75. The van der Waals surface area contributed by atoms with Crippen molar-refractivity contribution in [2.24, 2.45) is 0 Å². The summed E-state index contributed by atoms with van der Waals surface area (Å²) >= 11 is 0. The van der Waals surface area contributed by atoms with E-state index in [0.717, 1.165) is 11.1 Å². The monoisotopic (exact) mass is 225 g/mol. The number of methoxy groups -OCH3 is 1. The predicted molar refractivity (Wildman–Crippen MR) is 69.5 cm³/mol. The molecule has 0 aliphatic rings. The molecule has 0 amide bonds. The largest absolute Gasteiger partial charge is 0.484 e. The first-order chi connectivity index (χ1) is 8.33. The van der Waals surface area contributed by atoms with Crippen molar-refractivity contribution >= 4 is 5.90 Å². The summed E-state index contributed by atoms with van der Waals surface area (Å²) in [6, 6.07) is 19.9. The van der Waals surface area contributed by atoms with E-state index in [0.29, 0.717) is 0 Å². The van der Waals surface area contributed by atoms with E-state index in [1.54, 1.807) is 7.11 Å². The van der Waals surface area contributed by atoms with Gasteiger partial charge in [0, 0.05) is 0 Å². The minimum atomic E-state index is -0.123. The van der Waals surface area contributed by atoms with Gasteiger partial charge in [-0.05, 0) is 11.1 Å². The molecular weight excluding hydrogens is 210 g/mol. The molecule has 2 aromatic rings. The molecule has 0 bridgehead atoms. The van der Waals surface area contributed by atoms with Gasteiger partial charge in [0.2, 0.25) is 0 Å². The second kappa shape index (κ2) is 5.30. The van der Waals surface area contributed by atoms with Crippen LogP contribution in [0.1, 0.15) is 17.0 Å². The van der Waals surface area contributed by atoms with Gasteiger partial charge in [0.25, 0.3) is 0 Å². The van der Waals surface area contributed by atoms with E-state index in [1.165, 1.54) is 0 Å². The molecule has 0 saturated carbocycles. The van der Waals surface area contributed by atoms with Crippen LogP contribution in [0.25, 0.3) is 0 Å². The van der Waals surface area contributed by atoms with Crippen molar-refractivity contribution in [3.63, 3.8) is 0 Å². The van der Waals surface area contributed by atoms with Crippen LogP contribution in [-0.2, 0) is 4.74 Å². The van der Waals surface area contributed by atoms with Crippen molar-refractivity contribution in [1.29, 1.82) is 5.41 Å². The molecular formula is C15H15NO. The molecule has 0 unspecified atom stereocenters. The zero-order valence-electron chi connectivity index (χ0n) is 9.76. The molecule has 2 nitrogen and oxygen atoms in total. The van der Waals surface area contributed by atoms with Gasteiger partial charge in [-0.15, -0.1) is 0 Å². The first kappa shape index (κ1) is 11.4. The predicted octanol–water partition coefficient (Wildman–Crippen LogP) is 3.44. The van der Waals surface area contributed by atoms with E-state index in [1.807, 2.05) is 60.7 Å². The first-order valence-corrected chi connectivity index (χ1v) is 5.55. The van der Waals surface area contributed by atoms with Gasteiger partial charge in [-0.2, -0.15) is 0 Å². The highest BCUT2D eigenvalue weighted by molar-refractivity contribution is 5.84. The zero-order valence-corrected chi connectivity index (χ0v) is 9.76. The molecule has 17 heavy (non-hydrogen) atoms. The van der Waals surface area contributed by atoms with Crippen LogP contribution in [0.5, 0.6) is 0 Å². The average molecular weight is 225 g/mol. The van der Waals surface area contributed by atoms with Gasteiger partial charge in [-0.3, -0.25) is 5.41 Å². The lowest BCUT2D eigenvalue weighted by Crippen LogP contribution is -2.14. The van der Waals surface area contributed by atoms with Gasteiger partial charge < -0.3 is 4.74 Å². The van der Waals surface area contributed by atoms with Gasteiger partial charge in [-0.25, -0.2) is 0 Å². The Hall–Kier alpha value is -2.09. The SMILES string of the molecule is COC(=N)C(c1ccccc1)c1ccccc1. The first-order valence-electron chi connectivity index (χ1n) is 5.55. The zero-order chi connectivity index (χ0) is 12.1. The number of hydrogen-bond acceptors (Lipinski definition) is 2. The Bertz CT molecular complexity index is 439. The summed E-state index contributed by atoms with van der Waals surface area (Å²) in [7, 11) is 1.54. The lowest BCUT2D eigenvalue weighted by atomic mass is 9.91. The summed E-state index contributed by atoms with van der Waals surface area (Å²) in [6.07, 6.45) is 0. The highest BCUT2D eigenvalue weighted by Crippen LogP contribution is 2.25. The molecule has 0 saturated heterocycles. The minimum Gasteiger partial charge on any atom is -0.484 e. The Morgan fingerprint density at radius 2 is 1.29 bits per heavy atom. The third kappa shape index (κ3) is 2.53. The van der Waals surface area contributed by atoms with Crippen molar-refractivity contribution in [2.45, 2.75) is 5.92 Å². The van der Waals surface area contributed by atoms with Crippen molar-refractivity contribution in [2.75, 3.05) is 7.11 Å². The van der Waals surface area contributed by atoms with Crippen molar-refractivity contribution in [3.05, 3.63) is 71.8 Å². The maximum Gasteiger partial charge on any atom is 0.192 e. The Balaban J connectivity index is 2.43. The fourth-order valence-corrected chi connectivity index (χ4v) is 1.90. The number of ether oxygens (including phenoxy) is 1. The topological polar surface area (TPSA) is 33.1 Å². The quantitative estimate of drug-likeness (QED) is 0.630. The summed E-state index contributed by atoms with van der Waals surface area (Å²) in [5.74, 6) is 0.143. The molecule has 0 spiro atoms.